The molecule has 2 aromatic carbocycles. The van der Waals surface area contributed by atoms with Crippen LogP contribution in [-0.2, 0) is 9.53 Å². The second-order valence-corrected chi connectivity index (χ2v) is 4.95. The lowest BCUT2D eigenvalue weighted by Crippen LogP contribution is -1.98. The highest BCUT2D eigenvalue weighted by atomic mass is 16.5. The summed E-state index contributed by atoms with van der Waals surface area (Å²) in [5.41, 5.74) is 4.49. The Kier molecular flexibility index (Phi) is 5.73. The molecule has 0 heterocycles. The number of hydrogen-bond acceptors (Lipinski definition) is 2. The van der Waals surface area contributed by atoms with Gasteiger partial charge in [0, 0.05) is 6.08 Å². The second-order valence-electron chi connectivity index (χ2n) is 4.95. The van der Waals surface area contributed by atoms with Crippen LogP contribution in [0.5, 0.6) is 0 Å². The first kappa shape index (κ1) is 15.8. The molecular weight excluding hydrogens is 272 g/mol. The van der Waals surface area contributed by atoms with Crippen molar-refractivity contribution in [1.29, 1.82) is 0 Å². The molecule has 2 rings (SSSR count). The summed E-state index contributed by atoms with van der Waals surface area (Å²) in [5.74, 6) is -0.312. The second kappa shape index (κ2) is 7.99. The molecule has 2 aromatic rings. The van der Waals surface area contributed by atoms with Gasteiger partial charge in [0.15, 0.2) is 0 Å². The van der Waals surface area contributed by atoms with Gasteiger partial charge in [0.1, 0.15) is 0 Å². The third-order valence-electron chi connectivity index (χ3n) is 3.25. The molecule has 0 bridgehead atoms. The summed E-state index contributed by atoms with van der Waals surface area (Å²) >= 11 is 0. The van der Waals surface area contributed by atoms with Crippen LogP contribution in [0.1, 0.15) is 29.2 Å². The van der Waals surface area contributed by atoms with Gasteiger partial charge in [-0.3, -0.25) is 0 Å². The van der Waals surface area contributed by atoms with Gasteiger partial charge in [-0.05, 0) is 42.2 Å². The fourth-order valence-corrected chi connectivity index (χ4v) is 2.09. The van der Waals surface area contributed by atoms with Crippen LogP contribution in [0.4, 0.5) is 0 Å². The molecule has 0 fully saturated rings. The third kappa shape index (κ3) is 4.74. The van der Waals surface area contributed by atoms with Gasteiger partial charge in [0.2, 0.25) is 0 Å². The Hall–Kier alpha value is -2.61. The first-order valence-electron chi connectivity index (χ1n) is 7.37. The summed E-state index contributed by atoms with van der Waals surface area (Å²) in [5, 5.41) is 0. The van der Waals surface area contributed by atoms with Crippen molar-refractivity contribution < 1.29 is 9.53 Å². The van der Waals surface area contributed by atoms with E-state index < -0.39 is 0 Å². The Morgan fingerprint density at radius 3 is 2.45 bits per heavy atom. The van der Waals surface area contributed by atoms with Crippen LogP contribution >= 0.6 is 0 Å². The number of carbonyl (C=O) groups is 1. The number of ether oxygens (including phenoxy) is 1. The highest BCUT2D eigenvalue weighted by Gasteiger charge is 1.97. The van der Waals surface area contributed by atoms with Crippen molar-refractivity contribution in [3.05, 3.63) is 76.9 Å². The van der Waals surface area contributed by atoms with E-state index in [2.05, 4.69) is 43.3 Å². The molecule has 0 spiro atoms. The Bertz CT molecular complexity index is 682. The molecule has 0 aliphatic rings. The molecule has 2 heteroatoms. The van der Waals surface area contributed by atoms with Crippen molar-refractivity contribution in [1.82, 2.24) is 0 Å². The molecule has 0 aliphatic carbocycles. The highest BCUT2D eigenvalue weighted by Crippen LogP contribution is 2.15. The Morgan fingerprint density at radius 1 is 1.00 bits per heavy atom. The van der Waals surface area contributed by atoms with E-state index in [1.165, 1.54) is 11.6 Å². The van der Waals surface area contributed by atoms with Crippen LogP contribution in [-0.4, -0.2) is 12.6 Å². The minimum Gasteiger partial charge on any atom is -0.463 e. The van der Waals surface area contributed by atoms with E-state index in [-0.39, 0.29) is 5.97 Å². The van der Waals surface area contributed by atoms with Gasteiger partial charge in [-0.2, -0.15) is 0 Å². The summed E-state index contributed by atoms with van der Waals surface area (Å²) in [7, 11) is 0. The molecule has 2 nitrogen and oxygen atoms in total. The zero-order valence-electron chi connectivity index (χ0n) is 13.0. The van der Waals surface area contributed by atoms with E-state index in [0.29, 0.717) is 6.61 Å². The van der Waals surface area contributed by atoms with Gasteiger partial charge in [0.25, 0.3) is 0 Å². The van der Waals surface area contributed by atoms with Crippen molar-refractivity contribution in [2.75, 3.05) is 6.61 Å². The van der Waals surface area contributed by atoms with Crippen LogP contribution in [0.25, 0.3) is 18.2 Å². The Morgan fingerprint density at radius 2 is 1.77 bits per heavy atom. The molecule has 22 heavy (non-hydrogen) atoms. The topological polar surface area (TPSA) is 26.3 Å². The average molecular weight is 292 g/mol. The fraction of sp³-hybridized carbons (Fsp3) is 0.150. The molecule has 0 N–H and O–H groups in total. The quantitative estimate of drug-likeness (QED) is 0.452. The Labute approximate surface area is 131 Å². The summed E-state index contributed by atoms with van der Waals surface area (Å²) in [6.45, 7) is 4.25. The summed E-state index contributed by atoms with van der Waals surface area (Å²) in [6, 6.07) is 16.3. The first-order valence-corrected chi connectivity index (χ1v) is 7.37. The third-order valence-corrected chi connectivity index (χ3v) is 3.25. The summed E-state index contributed by atoms with van der Waals surface area (Å²) < 4.78 is 4.87. The zero-order valence-corrected chi connectivity index (χ0v) is 13.0. The van der Waals surface area contributed by atoms with E-state index in [4.69, 9.17) is 4.74 Å². The van der Waals surface area contributed by atoms with Crippen LogP contribution in [0.3, 0.4) is 0 Å². The molecule has 0 unspecified atom stereocenters. The van der Waals surface area contributed by atoms with Crippen molar-refractivity contribution in [3.63, 3.8) is 0 Å². The molecule has 0 radical (unpaired) electrons. The average Bonchev–Trinajstić information content (AvgIpc) is 2.53. The number of carbonyl (C=O) groups excluding carboxylic acids is 1. The lowest BCUT2D eigenvalue weighted by Gasteiger charge is -2.02. The van der Waals surface area contributed by atoms with E-state index in [1.807, 2.05) is 24.3 Å². The molecule has 0 amide bonds. The van der Waals surface area contributed by atoms with Gasteiger partial charge < -0.3 is 4.74 Å². The molecule has 0 aliphatic heterocycles. The van der Waals surface area contributed by atoms with Crippen molar-refractivity contribution in [2.24, 2.45) is 0 Å². The monoisotopic (exact) mass is 292 g/mol. The number of aryl methyl sites for hydroxylation is 1. The summed E-state index contributed by atoms with van der Waals surface area (Å²) in [6.07, 6.45) is 7.42. The van der Waals surface area contributed by atoms with Crippen LogP contribution in [0, 0.1) is 6.92 Å². The van der Waals surface area contributed by atoms with Crippen LogP contribution in [0.2, 0.25) is 0 Å². The largest absolute Gasteiger partial charge is 0.463 e. The minimum atomic E-state index is -0.312. The van der Waals surface area contributed by atoms with Gasteiger partial charge in [-0.1, -0.05) is 60.7 Å². The predicted molar refractivity (Wildman–Crippen MR) is 92.2 cm³/mol. The number of esters is 1. The fourth-order valence-electron chi connectivity index (χ4n) is 2.09. The molecule has 0 saturated heterocycles. The standard InChI is InChI=1S/C20H20O2/c1-3-22-20(21)14-11-18-10-13-19(16(2)15-18)12-9-17-7-5-4-6-8-17/h4-15H,3H2,1-2H3/b12-9+,14-11+. The molecule has 112 valence electrons. The van der Waals surface area contributed by atoms with Gasteiger partial charge in [-0.15, -0.1) is 0 Å². The maximum absolute atomic E-state index is 11.3. The SMILES string of the molecule is CCOC(=O)/C=C/c1ccc(/C=C/c2ccccc2)c(C)c1. The lowest BCUT2D eigenvalue weighted by atomic mass is 10.0. The molecular formula is C20H20O2. The van der Waals surface area contributed by atoms with Crippen LogP contribution in [0.15, 0.2) is 54.6 Å². The maximum atomic E-state index is 11.3. The van der Waals surface area contributed by atoms with Crippen molar-refractivity contribution >= 4 is 24.2 Å². The maximum Gasteiger partial charge on any atom is 0.330 e. The van der Waals surface area contributed by atoms with Gasteiger partial charge >= 0.3 is 5.97 Å². The van der Waals surface area contributed by atoms with E-state index >= 15 is 0 Å². The molecule has 0 atom stereocenters. The minimum absolute atomic E-state index is 0.312. The molecule has 0 saturated carbocycles. The predicted octanol–water partition coefficient (Wildman–Crippen LogP) is 4.74. The zero-order chi connectivity index (χ0) is 15.8. The molecule has 0 aromatic heterocycles. The van der Waals surface area contributed by atoms with E-state index in [0.717, 1.165) is 16.7 Å². The van der Waals surface area contributed by atoms with E-state index in [9.17, 15) is 4.79 Å². The van der Waals surface area contributed by atoms with Crippen molar-refractivity contribution in [3.8, 4) is 0 Å². The van der Waals surface area contributed by atoms with E-state index in [1.54, 1.807) is 13.0 Å². The smallest absolute Gasteiger partial charge is 0.330 e. The van der Waals surface area contributed by atoms with Gasteiger partial charge in [-0.25, -0.2) is 4.79 Å². The van der Waals surface area contributed by atoms with Gasteiger partial charge in [0.05, 0.1) is 6.61 Å². The first-order chi connectivity index (χ1) is 10.7. The number of rotatable bonds is 5. The normalized spacial score (nSPS) is 11.2. The number of benzene rings is 2. The number of hydrogen-bond donors (Lipinski definition) is 0. The lowest BCUT2D eigenvalue weighted by molar-refractivity contribution is -0.137. The van der Waals surface area contributed by atoms with Crippen LogP contribution < -0.4 is 0 Å². The Balaban J connectivity index is 2.10. The summed E-state index contributed by atoms with van der Waals surface area (Å²) in [4.78, 5) is 11.3. The highest BCUT2D eigenvalue weighted by molar-refractivity contribution is 5.87. The van der Waals surface area contributed by atoms with Crippen molar-refractivity contribution in [2.45, 2.75) is 13.8 Å².